The van der Waals surface area contributed by atoms with Gasteiger partial charge in [0.2, 0.25) is 11.8 Å². The molecular weight excluding hydrogens is 364 g/mol. The number of hydrogen-bond acceptors (Lipinski definition) is 3. The molecule has 0 N–H and O–H groups in total. The van der Waals surface area contributed by atoms with Gasteiger partial charge in [-0.2, -0.15) is 5.10 Å². The molecule has 2 aliphatic rings. The third-order valence-corrected chi connectivity index (χ3v) is 6.28. The molecule has 2 aromatic rings. The van der Waals surface area contributed by atoms with Crippen molar-refractivity contribution in [3.05, 3.63) is 47.3 Å². The maximum Gasteiger partial charge on any atom is 0.228 e. The molecule has 6 nitrogen and oxygen atoms in total. The maximum atomic E-state index is 13.0. The Labute approximate surface area is 172 Å². The predicted octanol–water partition coefficient (Wildman–Crippen LogP) is 3.10. The SMILES string of the molecule is Cc1ccc(N2CC(C(=O)N3CCC(Cn4nc(C)cc4C)CC3)CC2=O)cc1. The van der Waals surface area contributed by atoms with Crippen molar-refractivity contribution in [1.82, 2.24) is 14.7 Å². The van der Waals surface area contributed by atoms with Crippen LogP contribution in [0.15, 0.2) is 30.3 Å². The lowest BCUT2D eigenvalue weighted by molar-refractivity contribution is -0.137. The zero-order chi connectivity index (χ0) is 20.5. The summed E-state index contributed by atoms with van der Waals surface area (Å²) in [6, 6.07) is 10.0. The number of aryl methyl sites for hydroxylation is 3. The number of piperidine rings is 1. The zero-order valence-corrected chi connectivity index (χ0v) is 17.6. The Kier molecular flexibility index (Phi) is 5.43. The number of likely N-dealkylation sites (tertiary alicyclic amines) is 1. The smallest absolute Gasteiger partial charge is 0.228 e. The van der Waals surface area contributed by atoms with E-state index in [0.717, 1.165) is 49.4 Å². The van der Waals surface area contributed by atoms with Gasteiger partial charge in [0.25, 0.3) is 0 Å². The van der Waals surface area contributed by atoms with Gasteiger partial charge in [-0.3, -0.25) is 14.3 Å². The number of nitrogens with zero attached hydrogens (tertiary/aromatic N) is 4. The molecular formula is C23H30N4O2. The summed E-state index contributed by atoms with van der Waals surface area (Å²) in [5.74, 6) is 0.506. The Bertz CT molecular complexity index is 894. The fourth-order valence-corrected chi connectivity index (χ4v) is 4.55. The van der Waals surface area contributed by atoms with Gasteiger partial charge in [-0.25, -0.2) is 0 Å². The summed E-state index contributed by atoms with van der Waals surface area (Å²) < 4.78 is 2.09. The molecule has 29 heavy (non-hydrogen) atoms. The predicted molar refractivity (Wildman–Crippen MR) is 113 cm³/mol. The molecule has 2 fully saturated rings. The molecule has 6 heteroatoms. The minimum absolute atomic E-state index is 0.0478. The first-order valence-corrected chi connectivity index (χ1v) is 10.6. The van der Waals surface area contributed by atoms with Crippen LogP contribution in [-0.4, -0.2) is 46.1 Å². The molecule has 1 unspecified atom stereocenters. The lowest BCUT2D eigenvalue weighted by Crippen LogP contribution is -2.43. The van der Waals surface area contributed by atoms with Crippen LogP contribution in [0.25, 0.3) is 0 Å². The normalized spacial score (nSPS) is 20.5. The highest BCUT2D eigenvalue weighted by molar-refractivity contribution is 6.00. The van der Waals surface area contributed by atoms with Crippen LogP contribution in [0, 0.1) is 32.6 Å². The van der Waals surface area contributed by atoms with Gasteiger partial charge in [0.15, 0.2) is 0 Å². The van der Waals surface area contributed by atoms with Crippen molar-refractivity contribution in [1.29, 1.82) is 0 Å². The average Bonchev–Trinajstić information content (AvgIpc) is 3.24. The van der Waals surface area contributed by atoms with Crippen LogP contribution in [0.4, 0.5) is 5.69 Å². The standard InChI is InChI=1S/C23H30N4O2/c1-16-4-6-21(7-5-16)26-15-20(13-22(26)28)23(29)25-10-8-19(9-11-25)14-27-18(3)12-17(2)24-27/h4-7,12,19-20H,8-11,13-15H2,1-3H3. The van der Waals surface area contributed by atoms with E-state index >= 15 is 0 Å². The van der Waals surface area contributed by atoms with E-state index < -0.39 is 0 Å². The number of hydrogen-bond donors (Lipinski definition) is 0. The van der Waals surface area contributed by atoms with E-state index in [4.69, 9.17) is 0 Å². The van der Waals surface area contributed by atoms with Crippen LogP contribution >= 0.6 is 0 Å². The molecule has 3 heterocycles. The van der Waals surface area contributed by atoms with Crippen molar-refractivity contribution < 1.29 is 9.59 Å². The van der Waals surface area contributed by atoms with Crippen molar-refractivity contribution in [2.24, 2.45) is 11.8 Å². The highest BCUT2D eigenvalue weighted by atomic mass is 16.2. The molecule has 2 saturated heterocycles. The first kappa shape index (κ1) is 19.7. The van der Waals surface area contributed by atoms with E-state index in [-0.39, 0.29) is 17.7 Å². The number of carbonyl (C=O) groups is 2. The Morgan fingerprint density at radius 3 is 2.41 bits per heavy atom. The fourth-order valence-electron chi connectivity index (χ4n) is 4.55. The number of carbonyl (C=O) groups excluding carboxylic acids is 2. The molecule has 2 aliphatic heterocycles. The van der Waals surface area contributed by atoms with Gasteiger partial charge in [-0.15, -0.1) is 0 Å². The monoisotopic (exact) mass is 394 g/mol. The van der Waals surface area contributed by atoms with Gasteiger partial charge in [0, 0.05) is 44.0 Å². The topological polar surface area (TPSA) is 58.4 Å². The van der Waals surface area contributed by atoms with Crippen LogP contribution in [0.3, 0.4) is 0 Å². The van der Waals surface area contributed by atoms with E-state index in [2.05, 4.69) is 22.8 Å². The third-order valence-electron chi connectivity index (χ3n) is 6.28. The summed E-state index contributed by atoms with van der Waals surface area (Å²) in [7, 11) is 0. The molecule has 4 rings (SSSR count). The first-order valence-electron chi connectivity index (χ1n) is 10.6. The Morgan fingerprint density at radius 1 is 1.10 bits per heavy atom. The molecule has 1 aromatic heterocycles. The largest absolute Gasteiger partial charge is 0.342 e. The van der Waals surface area contributed by atoms with Gasteiger partial charge in [0.1, 0.15) is 0 Å². The van der Waals surface area contributed by atoms with Crippen LogP contribution in [0.1, 0.15) is 36.2 Å². The number of benzene rings is 1. The third kappa shape index (κ3) is 4.21. The van der Waals surface area contributed by atoms with Crippen molar-refractivity contribution in [2.75, 3.05) is 24.5 Å². The van der Waals surface area contributed by atoms with E-state index in [0.29, 0.717) is 18.9 Å². The quantitative estimate of drug-likeness (QED) is 0.801. The number of anilines is 1. The molecule has 1 aromatic carbocycles. The Hall–Kier alpha value is -2.63. The molecule has 0 bridgehead atoms. The summed E-state index contributed by atoms with van der Waals surface area (Å²) in [6.45, 7) is 9.11. The minimum atomic E-state index is -0.226. The summed E-state index contributed by atoms with van der Waals surface area (Å²) in [5.41, 5.74) is 4.30. The minimum Gasteiger partial charge on any atom is -0.342 e. The number of aromatic nitrogens is 2. The van der Waals surface area contributed by atoms with E-state index in [9.17, 15) is 9.59 Å². The van der Waals surface area contributed by atoms with Gasteiger partial charge in [-0.05, 0) is 57.7 Å². The van der Waals surface area contributed by atoms with E-state index in [1.54, 1.807) is 4.90 Å². The molecule has 0 aliphatic carbocycles. The second kappa shape index (κ2) is 8.01. The van der Waals surface area contributed by atoms with Crippen LogP contribution in [0.2, 0.25) is 0 Å². The molecule has 0 radical (unpaired) electrons. The van der Waals surface area contributed by atoms with Crippen LogP contribution in [0.5, 0.6) is 0 Å². The fraction of sp³-hybridized carbons (Fsp3) is 0.522. The maximum absolute atomic E-state index is 13.0. The van der Waals surface area contributed by atoms with Crippen molar-refractivity contribution in [3.8, 4) is 0 Å². The second-order valence-electron chi connectivity index (χ2n) is 8.62. The summed E-state index contributed by atoms with van der Waals surface area (Å²) >= 11 is 0. The van der Waals surface area contributed by atoms with Gasteiger partial charge < -0.3 is 9.80 Å². The molecule has 154 valence electrons. The molecule has 0 saturated carbocycles. The highest BCUT2D eigenvalue weighted by Gasteiger charge is 2.38. The van der Waals surface area contributed by atoms with Crippen LogP contribution in [-0.2, 0) is 16.1 Å². The molecule has 0 spiro atoms. The summed E-state index contributed by atoms with van der Waals surface area (Å²) in [4.78, 5) is 29.2. The Balaban J connectivity index is 1.32. The highest BCUT2D eigenvalue weighted by Crippen LogP contribution is 2.28. The lowest BCUT2D eigenvalue weighted by Gasteiger charge is -2.33. The van der Waals surface area contributed by atoms with Gasteiger partial charge in [0.05, 0.1) is 11.6 Å². The Morgan fingerprint density at radius 2 is 1.79 bits per heavy atom. The van der Waals surface area contributed by atoms with Crippen molar-refractivity contribution in [3.63, 3.8) is 0 Å². The number of rotatable bonds is 4. The van der Waals surface area contributed by atoms with Crippen molar-refractivity contribution in [2.45, 2.75) is 46.6 Å². The average molecular weight is 395 g/mol. The number of amides is 2. The summed E-state index contributed by atoms with van der Waals surface area (Å²) in [6.07, 6.45) is 2.30. The first-order chi connectivity index (χ1) is 13.9. The molecule has 2 amide bonds. The van der Waals surface area contributed by atoms with Gasteiger partial charge in [-0.1, -0.05) is 17.7 Å². The zero-order valence-electron chi connectivity index (χ0n) is 17.6. The van der Waals surface area contributed by atoms with Crippen LogP contribution < -0.4 is 4.90 Å². The van der Waals surface area contributed by atoms with Gasteiger partial charge >= 0.3 is 0 Å². The second-order valence-corrected chi connectivity index (χ2v) is 8.62. The lowest BCUT2D eigenvalue weighted by atomic mass is 9.95. The van der Waals surface area contributed by atoms with Crippen molar-refractivity contribution >= 4 is 17.5 Å². The van der Waals surface area contributed by atoms with E-state index in [1.807, 2.05) is 43.0 Å². The summed E-state index contributed by atoms with van der Waals surface area (Å²) in [5, 5.41) is 4.57. The molecule has 1 atom stereocenters. The van der Waals surface area contributed by atoms with E-state index in [1.165, 1.54) is 5.69 Å².